The molecule has 0 saturated heterocycles. The number of benzene rings is 1. The molecule has 6 heteroatoms. The largest absolute Gasteiger partial charge is 0.444 e. The van der Waals surface area contributed by atoms with Crippen LogP contribution in [0.15, 0.2) is 22.7 Å². The van der Waals surface area contributed by atoms with Crippen LogP contribution in [-0.2, 0) is 4.74 Å². The summed E-state index contributed by atoms with van der Waals surface area (Å²) in [6.07, 6.45) is 1.42. The number of ether oxygens (including phenoxy) is 1. The number of hydrogen-bond donors (Lipinski definition) is 2. The summed E-state index contributed by atoms with van der Waals surface area (Å²) in [7, 11) is 0. The van der Waals surface area contributed by atoms with Gasteiger partial charge in [0.1, 0.15) is 5.60 Å². The van der Waals surface area contributed by atoms with Crippen molar-refractivity contribution in [1.29, 1.82) is 0 Å². The molecule has 0 atom stereocenters. The van der Waals surface area contributed by atoms with Gasteiger partial charge in [-0.3, -0.25) is 0 Å². The van der Waals surface area contributed by atoms with E-state index in [9.17, 15) is 4.79 Å². The van der Waals surface area contributed by atoms with Gasteiger partial charge in [0.2, 0.25) is 0 Å². The highest BCUT2D eigenvalue weighted by molar-refractivity contribution is 9.10. The Morgan fingerprint density at radius 1 is 1.33 bits per heavy atom. The summed E-state index contributed by atoms with van der Waals surface area (Å²) in [6, 6.07) is 6.18. The van der Waals surface area contributed by atoms with E-state index in [0.29, 0.717) is 11.1 Å². The molecule has 0 unspecified atom stereocenters. The summed E-state index contributed by atoms with van der Waals surface area (Å²) >= 11 is 9.40. The molecule has 1 aromatic rings. The minimum absolute atomic E-state index is 0.170. The summed E-state index contributed by atoms with van der Waals surface area (Å²) in [5, 5.41) is 7.01. The Morgan fingerprint density at radius 3 is 2.57 bits per heavy atom. The van der Waals surface area contributed by atoms with Gasteiger partial charge >= 0.3 is 6.09 Å². The Bertz CT molecular complexity index is 525. The zero-order valence-electron chi connectivity index (χ0n) is 12.4. The Kier molecular flexibility index (Phi) is 5.04. The minimum atomic E-state index is -0.459. The maximum Gasteiger partial charge on any atom is 0.407 e. The summed E-state index contributed by atoms with van der Waals surface area (Å²) in [6.45, 7) is 5.57. The fraction of sp³-hybridized carbons (Fsp3) is 0.533. The zero-order valence-corrected chi connectivity index (χ0v) is 14.7. The second-order valence-electron chi connectivity index (χ2n) is 6.28. The van der Waals surface area contributed by atoms with Crippen LogP contribution in [0, 0.1) is 0 Å². The Labute approximate surface area is 138 Å². The van der Waals surface area contributed by atoms with Crippen molar-refractivity contribution in [2.75, 3.05) is 5.32 Å². The van der Waals surface area contributed by atoms with E-state index in [-0.39, 0.29) is 12.1 Å². The zero-order chi connectivity index (χ0) is 15.6. The summed E-state index contributed by atoms with van der Waals surface area (Å²) < 4.78 is 6.18. The third kappa shape index (κ3) is 5.08. The molecule has 0 aliphatic heterocycles. The van der Waals surface area contributed by atoms with Gasteiger partial charge in [-0.25, -0.2) is 4.79 Å². The molecule has 1 aromatic carbocycles. The molecule has 1 fully saturated rings. The number of halogens is 2. The van der Waals surface area contributed by atoms with E-state index in [1.54, 1.807) is 0 Å². The first-order valence-electron chi connectivity index (χ1n) is 6.94. The monoisotopic (exact) mass is 374 g/mol. The third-order valence-corrected chi connectivity index (χ3v) is 4.04. The van der Waals surface area contributed by atoms with E-state index in [2.05, 4.69) is 26.6 Å². The van der Waals surface area contributed by atoms with Crippen LogP contribution in [0.25, 0.3) is 0 Å². The number of carbonyl (C=O) groups is 1. The fourth-order valence-corrected chi connectivity index (χ4v) is 2.95. The number of hydrogen-bond acceptors (Lipinski definition) is 3. The number of carbonyl (C=O) groups excluding carboxylic acids is 1. The molecule has 21 heavy (non-hydrogen) atoms. The van der Waals surface area contributed by atoms with Crippen molar-refractivity contribution < 1.29 is 9.53 Å². The van der Waals surface area contributed by atoms with Crippen LogP contribution in [0.2, 0.25) is 5.02 Å². The van der Waals surface area contributed by atoms with Crippen LogP contribution in [0.3, 0.4) is 0 Å². The van der Waals surface area contributed by atoms with Gasteiger partial charge in [-0.1, -0.05) is 11.6 Å². The van der Waals surface area contributed by atoms with Gasteiger partial charge in [0.05, 0.1) is 0 Å². The molecule has 116 valence electrons. The first kappa shape index (κ1) is 16.4. The summed E-state index contributed by atoms with van der Waals surface area (Å²) in [4.78, 5) is 11.6. The minimum Gasteiger partial charge on any atom is -0.444 e. The number of rotatable bonds is 3. The van der Waals surface area contributed by atoms with Gasteiger partial charge < -0.3 is 15.4 Å². The first-order chi connectivity index (χ1) is 9.73. The Hall–Kier alpha value is -0.940. The number of anilines is 1. The molecule has 2 rings (SSSR count). The van der Waals surface area contributed by atoms with Crippen LogP contribution >= 0.6 is 27.5 Å². The van der Waals surface area contributed by atoms with Crippen molar-refractivity contribution in [3.63, 3.8) is 0 Å². The van der Waals surface area contributed by atoms with Crippen LogP contribution in [0.4, 0.5) is 10.5 Å². The molecule has 0 heterocycles. The highest BCUT2D eigenvalue weighted by Crippen LogP contribution is 2.30. The third-order valence-electron chi connectivity index (χ3n) is 3.15. The second kappa shape index (κ2) is 6.44. The van der Waals surface area contributed by atoms with Crippen LogP contribution in [0.1, 0.15) is 33.6 Å². The molecular weight excluding hydrogens is 356 g/mol. The average Bonchev–Trinajstić information content (AvgIpc) is 2.26. The average molecular weight is 376 g/mol. The maximum absolute atomic E-state index is 11.6. The predicted molar refractivity (Wildman–Crippen MR) is 89.0 cm³/mol. The molecule has 1 saturated carbocycles. The van der Waals surface area contributed by atoms with E-state index in [1.165, 1.54) is 0 Å². The number of nitrogens with one attached hydrogen (secondary N) is 2. The smallest absolute Gasteiger partial charge is 0.407 e. The summed E-state index contributed by atoms with van der Waals surface area (Å²) in [5.74, 6) is 0. The van der Waals surface area contributed by atoms with Crippen molar-refractivity contribution in [2.45, 2.75) is 51.3 Å². The van der Waals surface area contributed by atoms with E-state index < -0.39 is 5.60 Å². The number of amides is 1. The van der Waals surface area contributed by atoms with Gasteiger partial charge in [-0.2, -0.15) is 0 Å². The van der Waals surface area contributed by atoms with E-state index in [4.69, 9.17) is 16.3 Å². The van der Waals surface area contributed by atoms with E-state index in [1.807, 2.05) is 39.0 Å². The molecule has 0 radical (unpaired) electrons. The quantitative estimate of drug-likeness (QED) is 0.813. The lowest BCUT2D eigenvalue weighted by molar-refractivity contribution is 0.0475. The normalized spacial score (nSPS) is 21.4. The lowest BCUT2D eigenvalue weighted by atomic mass is 9.86. The van der Waals surface area contributed by atoms with Crippen molar-refractivity contribution in [3.8, 4) is 0 Å². The van der Waals surface area contributed by atoms with Crippen molar-refractivity contribution in [1.82, 2.24) is 5.32 Å². The molecule has 0 bridgehead atoms. The first-order valence-corrected chi connectivity index (χ1v) is 8.11. The predicted octanol–water partition coefficient (Wildman–Crippen LogP) is 4.57. The van der Waals surface area contributed by atoms with Gasteiger partial charge in [0.25, 0.3) is 0 Å². The lowest BCUT2D eigenvalue weighted by Gasteiger charge is -2.37. The van der Waals surface area contributed by atoms with E-state index >= 15 is 0 Å². The summed E-state index contributed by atoms with van der Waals surface area (Å²) in [5.41, 5.74) is 0.555. The molecule has 2 N–H and O–H groups in total. The fourth-order valence-electron chi connectivity index (χ4n) is 2.15. The second-order valence-corrected chi connectivity index (χ2v) is 7.57. The molecule has 0 aromatic heterocycles. The highest BCUT2D eigenvalue weighted by Gasteiger charge is 2.31. The van der Waals surface area contributed by atoms with Gasteiger partial charge in [0.15, 0.2) is 0 Å². The van der Waals surface area contributed by atoms with Crippen molar-refractivity contribution >= 4 is 39.3 Å². The van der Waals surface area contributed by atoms with Gasteiger partial charge in [-0.15, -0.1) is 0 Å². The van der Waals surface area contributed by atoms with Gasteiger partial charge in [-0.05, 0) is 67.7 Å². The van der Waals surface area contributed by atoms with Crippen LogP contribution in [-0.4, -0.2) is 23.8 Å². The van der Waals surface area contributed by atoms with Crippen LogP contribution < -0.4 is 10.6 Å². The topological polar surface area (TPSA) is 50.4 Å². The molecule has 1 aliphatic carbocycles. The molecule has 1 aliphatic rings. The molecule has 1 amide bonds. The lowest BCUT2D eigenvalue weighted by Crippen LogP contribution is -2.50. The Morgan fingerprint density at radius 2 is 2.00 bits per heavy atom. The molecule has 4 nitrogen and oxygen atoms in total. The molecule has 0 spiro atoms. The van der Waals surface area contributed by atoms with Gasteiger partial charge in [0, 0.05) is 27.3 Å². The van der Waals surface area contributed by atoms with E-state index in [0.717, 1.165) is 23.0 Å². The van der Waals surface area contributed by atoms with Crippen molar-refractivity contribution in [2.24, 2.45) is 0 Å². The van der Waals surface area contributed by atoms with Crippen molar-refractivity contribution in [3.05, 3.63) is 27.7 Å². The number of alkyl carbamates (subject to hydrolysis) is 1. The maximum atomic E-state index is 11.6. The SMILES string of the molecule is CC(C)(C)OC(=O)NC1CC(Nc2ccc(Cl)cc2Br)C1. The Balaban J connectivity index is 1.75. The highest BCUT2D eigenvalue weighted by atomic mass is 79.9. The standard InChI is InChI=1S/C15H20BrClN2O2/c1-15(2,3)21-14(20)19-11-7-10(8-11)18-13-5-4-9(17)6-12(13)16/h4-6,10-11,18H,7-8H2,1-3H3,(H,19,20). The van der Waals surface area contributed by atoms with Crippen LogP contribution in [0.5, 0.6) is 0 Å². The molecular formula is C15H20BrClN2O2.